The Balaban J connectivity index is 0. The zero-order valence-corrected chi connectivity index (χ0v) is 17.1. The van der Waals surface area contributed by atoms with E-state index in [9.17, 15) is 15.8 Å². The molecule has 0 aliphatic rings. The van der Waals surface area contributed by atoms with Crippen molar-refractivity contribution in [1.29, 1.82) is 0 Å². The molecule has 0 atom stereocenters. The predicted molar refractivity (Wildman–Crippen MR) is 81.7 cm³/mol. The molecule has 0 radical (unpaired) electrons. The molecule has 8 heteroatoms. The van der Waals surface area contributed by atoms with Crippen molar-refractivity contribution in [2.24, 2.45) is 0 Å². The standard InChI is InChI=1S/C14H23P.6FH.Zr/c1-13(2,3)15(14(4,5)6)12-10-8-7-9-11-12;;;;;;;/h7-11H,1-6H3;6*1H;/q;;;;;;;+4/p-4. The summed E-state index contributed by atoms with van der Waals surface area (Å²) in [4.78, 5) is 0. The van der Waals surface area contributed by atoms with Crippen molar-refractivity contribution in [1.82, 2.24) is 0 Å². The fourth-order valence-electron chi connectivity index (χ4n) is 2.60. The van der Waals surface area contributed by atoms with Gasteiger partial charge in [-0.05, 0) is 53.7 Å². The molecule has 0 unspecified atom stereocenters. The quantitative estimate of drug-likeness (QED) is 0.342. The van der Waals surface area contributed by atoms with E-state index in [-0.39, 0.29) is 1.43 Å². The number of benzene rings is 1. The van der Waals surface area contributed by atoms with Crippen LogP contribution in [-0.4, -0.2) is 10.3 Å². The first-order valence-electron chi connectivity index (χ1n) is 6.79. The molecule has 0 heterocycles. The van der Waals surface area contributed by atoms with E-state index < -0.39 is 28.9 Å². The van der Waals surface area contributed by atoms with Gasteiger partial charge in [0.2, 0.25) is 0 Å². The first-order chi connectivity index (χ1) is 9.18. The zero-order chi connectivity index (χ0) is 18.1. The Morgan fingerprint density at radius 2 is 1.00 bits per heavy atom. The second kappa shape index (κ2) is 5.88. The molecule has 0 nitrogen and oxygen atoms in total. The molecule has 1 rings (SSSR count). The van der Waals surface area contributed by atoms with E-state index in [0.717, 1.165) is 0 Å². The molecule has 0 bridgehead atoms. The smallest absolute Gasteiger partial charge is 1.00 e. The van der Waals surface area contributed by atoms with Crippen LogP contribution in [0.25, 0.3) is 0 Å². The van der Waals surface area contributed by atoms with Gasteiger partial charge >= 0.3 is 38.1 Å². The third-order valence-electron chi connectivity index (χ3n) is 2.56. The monoisotopic (exact) mass is 428 g/mol. The summed E-state index contributed by atoms with van der Waals surface area (Å²) < 4.78 is 59.6. The third-order valence-corrected chi connectivity index (χ3v) is 6.47. The van der Waals surface area contributed by atoms with Gasteiger partial charge in [0, 0.05) is 7.92 Å². The molecule has 0 aromatic heterocycles. The van der Waals surface area contributed by atoms with Crippen LogP contribution in [0.3, 0.4) is 0 Å². The van der Waals surface area contributed by atoms with Crippen molar-refractivity contribution in [3.8, 4) is 0 Å². The molecule has 0 spiro atoms. The summed E-state index contributed by atoms with van der Waals surface area (Å²) in [6, 6.07) is 11.0. The van der Waals surface area contributed by atoms with E-state index >= 15 is 0 Å². The van der Waals surface area contributed by atoms with Crippen LogP contribution in [0.2, 0.25) is 0 Å². The Bertz CT molecular complexity index is 462. The van der Waals surface area contributed by atoms with E-state index in [2.05, 4.69) is 71.9 Å². The van der Waals surface area contributed by atoms with Gasteiger partial charge in [0.1, 0.15) is 0 Å². The van der Waals surface area contributed by atoms with Gasteiger partial charge in [-0.2, -0.15) is 0 Å². The van der Waals surface area contributed by atoms with Crippen LogP contribution in [0.4, 0.5) is 15.8 Å². The molecule has 0 aliphatic heterocycles. The summed E-state index contributed by atoms with van der Waals surface area (Å²) in [5, 5.41) is 2.37. The average Bonchev–Trinajstić information content (AvgIpc) is 2.08. The fourth-order valence-corrected chi connectivity index (χ4v) is 7.10. The summed E-state index contributed by atoms with van der Waals surface area (Å²) in [5.41, 5.74) is 0. The maximum Gasteiger partial charge on any atom is 1.00 e. The molecular formula is C14H25F6PZr. The van der Waals surface area contributed by atoms with Gasteiger partial charge < -0.3 is 0 Å². The van der Waals surface area contributed by atoms with Gasteiger partial charge in [-0.15, -0.1) is 0 Å². The van der Waals surface area contributed by atoms with Crippen LogP contribution in [0.5, 0.6) is 0 Å². The first kappa shape index (κ1) is 22.1. The Kier molecular flexibility index (Phi) is 5.91. The van der Waals surface area contributed by atoms with E-state index in [1.807, 2.05) is 0 Å². The molecule has 0 saturated carbocycles. The molecule has 22 heavy (non-hydrogen) atoms. The van der Waals surface area contributed by atoms with Gasteiger partial charge in [0.25, 0.3) is 0 Å². The molecule has 132 valence electrons. The van der Waals surface area contributed by atoms with Gasteiger partial charge in [-0.25, -0.2) is 0 Å². The first-order valence-corrected chi connectivity index (χ1v) is 13.9. The van der Waals surface area contributed by atoms with E-state index in [4.69, 9.17) is 0 Å². The van der Waals surface area contributed by atoms with Crippen molar-refractivity contribution in [3.05, 3.63) is 30.3 Å². The summed E-state index contributed by atoms with van der Waals surface area (Å²) in [7, 11) is -0.553. The molecule has 0 fully saturated rings. The van der Waals surface area contributed by atoms with Crippen molar-refractivity contribution in [2.45, 2.75) is 51.9 Å². The van der Waals surface area contributed by atoms with Crippen molar-refractivity contribution >= 4 is 13.2 Å². The average molecular weight is 430 g/mol. The molecule has 1 aromatic carbocycles. The summed E-state index contributed by atoms with van der Waals surface area (Å²) in [6.45, 7) is 14.2. The van der Waals surface area contributed by atoms with Crippen molar-refractivity contribution in [3.63, 3.8) is 0 Å². The van der Waals surface area contributed by atoms with Crippen LogP contribution < -0.4 is 5.30 Å². The molecular weight excluding hydrogens is 404 g/mol. The van der Waals surface area contributed by atoms with Gasteiger partial charge in [0.15, 0.2) is 0 Å². The number of halogens is 6. The van der Waals surface area contributed by atoms with Crippen LogP contribution in [0.15, 0.2) is 30.3 Å². The molecule has 0 aliphatic carbocycles. The Morgan fingerprint density at radius 1 is 0.727 bits per heavy atom. The van der Waals surface area contributed by atoms with Gasteiger partial charge in [0.05, 0.1) is 15.6 Å². The number of rotatable bonds is 1. The Hall–Kier alpha value is 0.113. The van der Waals surface area contributed by atoms with Crippen molar-refractivity contribution in [2.75, 3.05) is 0 Å². The fraction of sp³-hybridized carbons (Fsp3) is 0.571. The van der Waals surface area contributed by atoms with Gasteiger partial charge in [-0.3, -0.25) is 0 Å². The summed E-state index contributed by atoms with van der Waals surface area (Å²) >= 11 is -11.3. The summed E-state index contributed by atoms with van der Waals surface area (Å²) in [5.74, 6) is 0. The third kappa shape index (κ3) is 12.6. The second-order valence-corrected chi connectivity index (χ2v) is 16.9. The van der Waals surface area contributed by atoms with E-state index in [1.165, 1.54) is 0 Å². The van der Waals surface area contributed by atoms with Crippen molar-refractivity contribution < 1.29 is 38.1 Å². The molecule has 0 N–H and O–H groups in total. The Labute approximate surface area is 133 Å². The van der Waals surface area contributed by atoms with E-state index in [0.29, 0.717) is 10.3 Å². The number of hydrogen-bond donors (Lipinski definition) is 0. The maximum atomic E-state index is 9.93. The number of hydrogen-bond acceptors (Lipinski definition) is 0. The second-order valence-electron chi connectivity index (χ2n) is 7.31. The maximum absolute atomic E-state index is 11.3. The molecule has 1 aromatic rings. The van der Waals surface area contributed by atoms with Gasteiger partial charge in [-0.1, -0.05) is 18.2 Å². The van der Waals surface area contributed by atoms with Crippen LogP contribution in [0.1, 0.15) is 43.0 Å². The van der Waals surface area contributed by atoms with Crippen LogP contribution in [0, 0.1) is 0 Å². The van der Waals surface area contributed by atoms with E-state index in [1.54, 1.807) is 5.30 Å². The zero-order valence-electron chi connectivity index (χ0n) is 14.7. The minimum Gasteiger partial charge on any atom is 1.00 e. The Morgan fingerprint density at radius 3 is 1.23 bits per heavy atom. The molecule has 0 saturated heterocycles. The molecule has 0 amide bonds. The van der Waals surface area contributed by atoms with Crippen LogP contribution in [-0.2, 0) is 21.0 Å². The largest absolute Gasteiger partial charge is 1.00 e. The topological polar surface area (TPSA) is 0 Å². The van der Waals surface area contributed by atoms with Crippen LogP contribution >= 0.6 is 7.92 Å². The summed E-state index contributed by atoms with van der Waals surface area (Å²) in [6.07, 6.45) is 0. The normalized spacial score (nSPS) is 16.4. The minimum atomic E-state index is -11.3. The SMILES string of the molecule is CC(C)(C)[PH+](c1ccccc1)C(C)(C)C.[F][Zr-2]([F])([F])([F])([F])[F].[H+]. The predicted octanol–water partition coefficient (Wildman–Crippen LogP) is 6.75. The minimum absolute atomic E-state index is 0.